The van der Waals surface area contributed by atoms with Gasteiger partial charge in [0.15, 0.2) is 0 Å². The quantitative estimate of drug-likeness (QED) is 0.462. The van der Waals surface area contributed by atoms with E-state index < -0.39 is 35.1 Å². The van der Waals surface area contributed by atoms with Gasteiger partial charge in [0.05, 0.1) is 30.1 Å². The number of aliphatic hydroxyl groups excluding tert-OH is 1. The van der Waals surface area contributed by atoms with Crippen LogP contribution in [0.25, 0.3) is 10.8 Å². The van der Waals surface area contributed by atoms with Crippen LogP contribution in [0.1, 0.15) is 20.3 Å². The molecular weight excluding hydrogens is 542 g/mol. The lowest BCUT2D eigenvalue weighted by Crippen LogP contribution is -2.58. The largest absolute Gasteiger partial charge is 0.394 e. The van der Waals surface area contributed by atoms with E-state index >= 15 is 0 Å². The van der Waals surface area contributed by atoms with Crippen molar-refractivity contribution in [2.75, 3.05) is 29.5 Å². The molecule has 1 spiro atoms. The Hall–Kier alpha value is -4.27. The Kier molecular flexibility index (Phi) is 6.52. The Morgan fingerprint density at radius 2 is 1.49 bits per heavy atom. The molecule has 2 saturated heterocycles. The average molecular weight is 578 g/mol. The van der Waals surface area contributed by atoms with Crippen molar-refractivity contribution < 1.29 is 24.2 Å². The lowest BCUT2D eigenvalue weighted by Gasteiger charge is -2.40. The van der Waals surface area contributed by atoms with E-state index in [0.29, 0.717) is 18.7 Å². The number of fused-ring (bicyclic) bond motifs is 3. The van der Waals surface area contributed by atoms with Crippen molar-refractivity contribution >= 4 is 39.9 Å². The highest BCUT2D eigenvalue weighted by Crippen LogP contribution is 2.59. The Bertz CT molecular complexity index is 1670. The van der Waals surface area contributed by atoms with Gasteiger partial charge < -0.3 is 24.5 Å². The first kappa shape index (κ1) is 27.6. The van der Waals surface area contributed by atoms with E-state index in [1.54, 1.807) is 16.7 Å². The van der Waals surface area contributed by atoms with Crippen LogP contribution in [0.15, 0.2) is 97.1 Å². The van der Waals surface area contributed by atoms with Gasteiger partial charge >= 0.3 is 0 Å². The maximum absolute atomic E-state index is 14.7. The third-order valence-electron chi connectivity index (χ3n) is 9.73. The fraction of sp³-hybridized carbons (Fsp3) is 0.343. The van der Waals surface area contributed by atoms with Gasteiger partial charge in [0.2, 0.25) is 11.8 Å². The zero-order chi connectivity index (χ0) is 29.9. The Morgan fingerprint density at radius 1 is 0.814 bits per heavy atom. The summed E-state index contributed by atoms with van der Waals surface area (Å²) in [6.45, 7) is 3.99. The number of amides is 3. The predicted octanol–water partition coefficient (Wildman–Crippen LogP) is 4.09. The number of hydrogen-bond acceptors (Lipinski definition) is 5. The smallest absolute Gasteiger partial charge is 0.253 e. The number of hydrogen-bond donors (Lipinski definition) is 1. The summed E-state index contributed by atoms with van der Waals surface area (Å²) in [4.78, 5) is 48.7. The molecular formula is C35H35N3O5. The standard InChI is InChI=1S/C35H35N3O5/c1-3-34-17-9-19-36(26-13-5-4-6-14-26)31(40)28(34)29-32(41)38(23(2)22-39)30-33(42)37(20-10-18-35(29,30)43-34)27-16-15-24-11-7-8-12-25(24)21-27/h4-18,21,23,28-30,39H,3,19-20,22H2,1-2H3/t23-,28-,29+,30?,34+,35+/m1/s1. The molecule has 2 fully saturated rings. The highest BCUT2D eigenvalue weighted by Gasteiger charge is 2.75. The molecule has 1 unspecified atom stereocenters. The van der Waals surface area contributed by atoms with Gasteiger partial charge in [-0.2, -0.15) is 0 Å². The predicted molar refractivity (Wildman–Crippen MR) is 164 cm³/mol. The van der Waals surface area contributed by atoms with Gasteiger partial charge in [-0.25, -0.2) is 0 Å². The number of benzene rings is 3. The summed E-state index contributed by atoms with van der Waals surface area (Å²) in [6, 6.07) is 21.5. The lowest BCUT2D eigenvalue weighted by molar-refractivity contribution is -0.148. The van der Waals surface area contributed by atoms with E-state index in [1.165, 1.54) is 4.90 Å². The van der Waals surface area contributed by atoms with Crippen molar-refractivity contribution in [2.24, 2.45) is 11.8 Å². The minimum atomic E-state index is -1.39. The van der Waals surface area contributed by atoms with E-state index in [0.717, 1.165) is 16.5 Å². The van der Waals surface area contributed by atoms with Crippen LogP contribution in [-0.4, -0.2) is 70.7 Å². The van der Waals surface area contributed by atoms with E-state index in [9.17, 15) is 19.5 Å². The van der Waals surface area contributed by atoms with Crippen molar-refractivity contribution in [3.05, 3.63) is 97.1 Å². The lowest BCUT2D eigenvalue weighted by atomic mass is 9.73. The fourth-order valence-electron chi connectivity index (χ4n) is 7.68. The zero-order valence-corrected chi connectivity index (χ0v) is 24.3. The minimum absolute atomic E-state index is 0.206. The molecule has 4 heterocycles. The molecule has 0 aliphatic carbocycles. The van der Waals surface area contributed by atoms with E-state index in [2.05, 4.69) is 0 Å². The van der Waals surface area contributed by atoms with Crippen molar-refractivity contribution in [1.82, 2.24) is 4.90 Å². The average Bonchev–Trinajstić information content (AvgIpc) is 3.33. The number of para-hydroxylation sites is 1. The molecule has 4 aliphatic heterocycles. The number of anilines is 2. The molecule has 1 N–H and O–H groups in total. The van der Waals surface area contributed by atoms with Crippen LogP contribution < -0.4 is 9.80 Å². The highest BCUT2D eigenvalue weighted by atomic mass is 16.5. The van der Waals surface area contributed by atoms with Gasteiger partial charge in [-0.05, 0) is 48.4 Å². The molecule has 220 valence electrons. The number of aliphatic hydroxyl groups is 1. The first-order valence-corrected chi connectivity index (χ1v) is 15.0. The number of ether oxygens (including phenoxy) is 1. The van der Waals surface area contributed by atoms with Crippen LogP contribution in [0.2, 0.25) is 0 Å². The molecule has 4 aliphatic rings. The normalized spacial score (nSPS) is 30.7. The van der Waals surface area contributed by atoms with E-state index in [4.69, 9.17) is 4.74 Å². The first-order valence-electron chi connectivity index (χ1n) is 15.0. The second kappa shape index (κ2) is 10.2. The maximum Gasteiger partial charge on any atom is 0.253 e. The molecule has 0 aromatic heterocycles. The molecule has 3 aromatic rings. The zero-order valence-electron chi connectivity index (χ0n) is 24.3. The molecule has 7 rings (SSSR count). The number of nitrogens with zero attached hydrogens (tertiary/aromatic N) is 3. The molecule has 0 radical (unpaired) electrons. The molecule has 8 heteroatoms. The third-order valence-corrected chi connectivity index (χ3v) is 9.73. The third kappa shape index (κ3) is 3.93. The van der Waals surface area contributed by atoms with Gasteiger partial charge in [0, 0.05) is 24.5 Å². The SMILES string of the molecule is CC[C@]12C=CCN(c3ccccc3)C(=O)[C@H]1[C@H]1C(=O)N([C@H](C)CO)C3C(=O)N(c4ccc5ccccc5c4)CC=C[C@@]31O2. The summed E-state index contributed by atoms with van der Waals surface area (Å²) in [6.07, 6.45) is 8.05. The van der Waals surface area contributed by atoms with Gasteiger partial charge in [0.1, 0.15) is 11.6 Å². The second-order valence-corrected chi connectivity index (χ2v) is 12.0. The Balaban J connectivity index is 1.37. The molecule has 0 saturated carbocycles. The summed E-state index contributed by atoms with van der Waals surface area (Å²) in [7, 11) is 0. The highest BCUT2D eigenvalue weighted by molar-refractivity contribution is 6.08. The summed E-state index contributed by atoms with van der Waals surface area (Å²) in [5, 5.41) is 12.3. The molecule has 3 aromatic carbocycles. The molecule has 8 nitrogen and oxygen atoms in total. The monoisotopic (exact) mass is 577 g/mol. The topological polar surface area (TPSA) is 90.4 Å². The van der Waals surface area contributed by atoms with Crippen LogP contribution in [-0.2, 0) is 19.1 Å². The van der Waals surface area contributed by atoms with Crippen LogP contribution in [0.5, 0.6) is 0 Å². The van der Waals surface area contributed by atoms with Crippen molar-refractivity contribution in [3.8, 4) is 0 Å². The van der Waals surface area contributed by atoms with Gasteiger partial charge in [-0.15, -0.1) is 0 Å². The van der Waals surface area contributed by atoms with Gasteiger partial charge in [-0.3, -0.25) is 14.4 Å². The van der Waals surface area contributed by atoms with Crippen LogP contribution in [0, 0.1) is 11.8 Å². The second-order valence-electron chi connectivity index (χ2n) is 12.0. The summed E-state index contributed by atoms with van der Waals surface area (Å²) < 4.78 is 7.04. The Morgan fingerprint density at radius 3 is 2.21 bits per heavy atom. The van der Waals surface area contributed by atoms with E-state index in [1.807, 2.05) is 104 Å². The molecule has 0 bridgehead atoms. The number of carbonyl (C=O) groups excluding carboxylic acids is 3. The maximum atomic E-state index is 14.7. The number of likely N-dealkylation sites (tertiary alicyclic amines) is 1. The molecule has 43 heavy (non-hydrogen) atoms. The van der Waals surface area contributed by atoms with Crippen LogP contribution in [0.4, 0.5) is 11.4 Å². The Labute approximate surface area is 250 Å². The number of rotatable bonds is 5. The van der Waals surface area contributed by atoms with Crippen LogP contribution in [0.3, 0.4) is 0 Å². The summed E-state index contributed by atoms with van der Waals surface area (Å²) in [5.74, 6) is -2.64. The molecule has 3 amide bonds. The van der Waals surface area contributed by atoms with Crippen molar-refractivity contribution in [1.29, 1.82) is 0 Å². The molecule has 6 atom stereocenters. The first-order chi connectivity index (χ1) is 20.8. The van der Waals surface area contributed by atoms with Crippen molar-refractivity contribution in [3.63, 3.8) is 0 Å². The summed E-state index contributed by atoms with van der Waals surface area (Å²) >= 11 is 0. The fourth-order valence-corrected chi connectivity index (χ4v) is 7.68. The van der Waals surface area contributed by atoms with Crippen molar-refractivity contribution in [2.45, 2.75) is 43.6 Å². The minimum Gasteiger partial charge on any atom is -0.394 e. The van der Waals surface area contributed by atoms with Gasteiger partial charge in [-0.1, -0.05) is 79.8 Å². The summed E-state index contributed by atoms with van der Waals surface area (Å²) in [5.41, 5.74) is -1.01. The van der Waals surface area contributed by atoms with Gasteiger partial charge in [0.25, 0.3) is 5.91 Å². The van der Waals surface area contributed by atoms with Crippen LogP contribution >= 0.6 is 0 Å². The van der Waals surface area contributed by atoms with E-state index in [-0.39, 0.29) is 30.9 Å². The number of carbonyl (C=O) groups is 3.